The Bertz CT molecular complexity index is 5120. The van der Waals surface area contributed by atoms with Gasteiger partial charge in [-0.25, -0.2) is 85.3 Å². The Kier molecular flexibility index (Phi) is 23.7. The van der Waals surface area contributed by atoms with E-state index in [0.717, 1.165) is 62.1 Å². The molecule has 0 saturated carbocycles. The van der Waals surface area contributed by atoms with E-state index in [0.29, 0.717) is 58.1 Å². The predicted molar refractivity (Wildman–Crippen MR) is 355 cm³/mol. The van der Waals surface area contributed by atoms with Crippen LogP contribution < -0.4 is 15.2 Å². The fourth-order valence-corrected chi connectivity index (χ4v) is 14.9. The number of carbonyl (C=O) groups is 5. The number of halogens is 1. The second-order valence-electron chi connectivity index (χ2n) is 20.7. The fourth-order valence-electron chi connectivity index (χ4n) is 9.34. The zero-order valence-electron chi connectivity index (χ0n) is 54.1. The van der Waals surface area contributed by atoms with Gasteiger partial charge in [0.1, 0.15) is 55.7 Å². The third-order valence-electron chi connectivity index (χ3n) is 14.9. The van der Waals surface area contributed by atoms with Crippen molar-refractivity contribution in [3.05, 3.63) is 164 Å². The van der Waals surface area contributed by atoms with Gasteiger partial charge < -0.3 is 29.6 Å². The maximum atomic E-state index is 13.9. The molecule has 0 bridgehead atoms. The van der Waals surface area contributed by atoms with E-state index >= 15 is 0 Å². The van der Waals surface area contributed by atoms with Crippen LogP contribution >= 0.6 is 0 Å². The number of nitro groups is 1. The number of aliphatic carboxylic acids is 1. The predicted octanol–water partition coefficient (Wildman–Crippen LogP) is 6.04. The number of carbonyl (C=O) groups excluding carboxylic acids is 4. The average Bonchev–Trinajstić information content (AvgIpc) is 1.58. The number of nitrogens with one attached hydrogen (secondary N) is 2. The monoisotopic (exact) mass is 1450 g/mol. The molecule has 0 fully saturated rings. The summed E-state index contributed by atoms with van der Waals surface area (Å²) in [5, 5.41) is 20.7. The van der Waals surface area contributed by atoms with Crippen LogP contribution in [0.4, 0.5) is 32.8 Å². The lowest BCUT2D eigenvalue weighted by Gasteiger charge is -2.24. The molecular weight excluding hydrogens is 1390 g/mol. The van der Waals surface area contributed by atoms with E-state index in [-0.39, 0.29) is 54.2 Å². The first kappa shape index (κ1) is 76.6. The van der Waals surface area contributed by atoms with E-state index in [4.69, 9.17) is 5.73 Å². The van der Waals surface area contributed by atoms with Gasteiger partial charge in [0, 0.05) is 49.4 Å². The number of hydrogen-bond donors (Lipinski definition) is 4. The van der Waals surface area contributed by atoms with E-state index in [2.05, 4.69) is 33.9 Å². The van der Waals surface area contributed by atoms with Crippen LogP contribution in [0.15, 0.2) is 149 Å². The number of carboxylic acids is 1. The first-order valence-corrected chi connectivity index (χ1v) is 35.3. The third kappa shape index (κ3) is 16.4. The van der Waals surface area contributed by atoms with Crippen LogP contribution in [0.2, 0.25) is 0 Å². The van der Waals surface area contributed by atoms with Crippen molar-refractivity contribution in [1.29, 1.82) is 0 Å². The number of nitrogen functional groups attached to an aromatic ring is 1. The lowest BCUT2D eigenvalue weighted by atomic mass is 10.0. The van der Waals surface area contributed by atoms with Crippen LogP contribution in [0.1, 0.15) is 79.0 Å². The van der Waals surface area contributed by atoms with E-state index < -0.39 is 95.3 Å². The van der Waals surface area contributed by atoms with Crippen molar-refractivity contribution in [3.63, 3.8) is 0 Å². The highest BCUT2D eigenvalue weighted by molar-refractivity contribution is 7.91. The van der Waals surface area contributed by atoms with Gasteiger partial charge in [-0.15, -0.1) is 0 Å². The van der Waals surface area contributed by atoms with Gasteiger partial charge in [0.15, 0.2) is 4.90 Å². The van der Waals surface area contributed by atoms with E-state index in [1.165, 1.54) is 115 Å². The minimum atomic E-state index is -3.97. The summed E-state index contributed by atoms with van der Waals surface area (Å²) in [4.78, 5) is 78.0. The van der Waals surface area contributed by atoms with Crippen molar-refractivity contribution >= 4 is 137 Å². The molecule has 7 aromatic rings. The molecule has 522 valence electrons. The van der Waals surface area contributed by atoms with Crippen LogP contribution in [0, 0.1) is 22.9 Å². The number of amidine groups is 3. The molecule has 3 aliphatic heterocycles. The number of aliphatic imine (C=N–C) groups is 3. The Morgan fingerprint density at radius 1 is 0.612 bits per heavy atom. The summed E-state index contributed by atoms with van der Waals surface area (Å²) >= 11 is 0. The van der Waals surface area contributed by atoms with Gasteiger partial charge in [-0.2, -0.15) is 0 Å². The van der Waals surface area contributed by atoms with Crippen LogP contribution in [-0.4, -0.2) is 174 Å². The largest absolute Gasteiger partial charge is 0.480 e. The van der Waals surface area contributed by atoms with E-state index in [1.54, 1.807) is 50.5 Å². The van der Waals surface area contributed by atoms with Crippen molar-refractivity contribution in [2.24, 2.45) is 15.0 Å². The number of hydrogen-bond acceptors (Lipinski definition) is 24. The molecule has 0 atom stereocenters. The molecule has 32 nitrogen and oxygen atoms in total. The summed E-state index contributed by atoms with van der Waals surface area (Å²) in [5.74, 6) is -2.17. The summed E-state index contributed by atoms with van der Waals surface area (Å²) in [7, 11) is -7.91. The van der Waals surface area contributed by atoms with Crippen molar-refractivity contribution < 1.29 is 94.7 Å². The molecule has 0 amide bonds. The molecule has 3 aliphatic rings. The van der Waals surface area contributed by atoms with Gasteiger partial charge in [0.2, 0.25) is 20.0 Å². The van der Waals surface area contributed by atoms with Crippen LogP contribution in [0.3, 0.4) is 0 Å². The number of nitrogens with two attached hydrogens (primary N) is 1. The number of esters is 3. The van der Waals surface area contributed by atoms with Crippen molar-refractivity contribution in [2.45, 2.75) is 65.1 Å². The van der Waals surface area contributed by atoms with E-state index in [1.807, 2.05) is 4.72 Å². The molecular formula is C60H64FN11O21S5. The van der Waals surface area contributed by atoms with Gasteiger partial charge in [-0.1, -0.05) is 12.1 Å². The van der Waals surface area contributed by atoms with Gasteiger partial charge in [0.05, 0.1) is 65.7 Å². The molecule has 38 heteroatoms. The smallest absolute Gasteiger partial charge is 0.338 e. The van der Waals surface area contributed by atoms with Crippen molar-refractivity contribution in [1.82, 2.24) is 26.9 Å². The zero-order valence-corrected chi connectivity index (χ0v) is 58.2. The molecule has 0 aliphatic carbocycles. The number of aldehydes is 1. The number of anilines is 1. The van der Waals surface area contributed by atoms with Gasteiger partial charge in [0.25, 0.3) is 35.8 Å². The minimum absolute atomic E-state index is 0.00255. The average molecular weight is 1450 g/mol. The quantitative estimate of drug-likeness (QED) is 0.0255. The number of aromatic nitrogens is 1. The first-order chi connectivity index (χ1) is 45.7. The second-order valence-corrected chi connectivity index (χ2v) is 30.2. The van der Waals surface area contributed by atoms with Crippen molar-refractivity contribution in [3.8, 4) is 0 Å². The standard InChI is InChI=1S/C21H20FN3O4S.C11H12N2O4S.C10H10N2O3S.C9H10N2O6S.C9H12N2O4S/c1-12-16(17-10-15(22)5-6-19(17)25(12)11-21(26)27)8-14-4-7-20-18(9-14)23-13(2)24(3)30(20,28)29;1-7-12-9-6-8(11(14)17-3)4-5-10(9)18(15,16)13(7)2;1-7-11-9-5-8(6-13)3-4-10(9)16(14,15)12(7)2;1-10-18(15,16)8-4-3-6(9(12)17-2)5-7(8)11(13)14;1-11-16(13,14)8-4-3-6(5-7(8)10)9(12)15-2/h4-7,9-10H,8,11H2,1-3H3,(H,26,27);4-6H,1-3H3;3-6H,1-2H3;3-5,10H,1-2H3;3-5,11H,10H2,1-2H3. The molecule has 98 heavy (non-hydrogen) atoms. The maximum Gasteiger partial charge on any atom is 0.338 e. The number of sulfonamides is 5. The van der Waals surface area contributed by atoms with Gasteiger partial charge >= 0.3 is 23.9 Å². The van der Waals surface area contributed by atoms with E-state index in [9.17, 15) is 85.7 Å². The SMILES string of the molecule is CC1=Nc2cc(C=O)ccc2S(=O)(=O)N1C.CC1=Nc2cc(Cc3c(C)n(CC(=O)O)c4ccc(F)cc34)ccc2S(=O)(=O)N1C.CNS(=O)(=O)c1ccc(C(=O)OC)cc1N.CNS(=O)(=O)c1ccc(C(=O)OC)cc1[N+](=O)[O-].COC(=O)c1ccc2c(c1)N=C(C)N(C)S2(=O)=O. The molecule has 5 N–H and O–H groups in total. The molecule has 10 rings (SSSR count). The highest BCUT2D eigenvalue weighted by atomic mass is 32.2. The lowest BCUT2D eigenvalue weighted by molar-refractivity contribution is -0.387. The number of rotatable bonds is 13. The van der Waals surface area contributed by atoms with Crippen LogP contribution in [-0.2, 0) is 82.1 Å². The molecule has 1 aromatic heterocycles. The van der Waals surface area contributed by atoms with Crippen molar-refractivity contribution in [2.75, 3.05) is 62.3 Å². The number of methoxy groups -OCH3 is 3. The summed E-state index contributed by atoms with van der Waals surface area (Å²) < 4.78 is 156. The number of nitro benzene ring substituents is 1. The minimum Gasteiger partial charge on any atom is -0.480 e. The highest BCUT2D eigenvalue weighted by Gasteiger charge is 2.33. The van der Waals surface area contributed by atoms with Crippen LogP contribution in [0.5, 0.6) is 0 Å². The number of nitrogens with zero attached hydrogens (tertiary/aromatic N) is 8. The molecule has 0 spiro atoms. The summed E-state index contributed by atoms with van der Waals surface area (Å²) in [6.07, 6.45) is 1.05. The zero-order chi connectivity index (χ0) is 73.5. The van der Waals surface area contributed by atoms with Gasteiger partial charge in [-0.05, 0) is 150 Å². The second kappa shape index (κ2) is 30.4. The Morgan fingerprint density at radius 2 is 1.03 bits per heavy atom. The number of fused-ring (bicyclic) bond motifs is 4. The molecule has 0 radical (unpaired) electrons. The number of carboxylic acid groups (broad SMARTS) is 1. The first-order valence-electron chi connectivity index (χ1n) is 28.0. The number of ether oxygens (including phenoxy) is 3. The molecule has 0 unspecified atom stereocenters. The topological polar surface area (TPSA) is 449 Å². The Hall–Kier alpha value is -10.4. The Morgan fingerprint density at radius 3 is 1.48 bits per heavy atom. The number of benzene rings is 6. The molecule has 0 saturated heterocycles. The summed E-state index contributed by atoms with van der Waals surface area (Å²) in [6, 6.07) is 24.6. The van der Waals surface area contributed by atoms with Gasteiger partial charge in [-0.3, -0.25) is 32.6 Å². The normalized spacial score (nSPS) is 14.5. The Labute approximate surface area is 562 Å². The maximum absolute atomic E-state index is 13.9. The highest BCUT2D eigenvalue weighted by Crippen LogP contribution is 2.37. The summed E-state index contributed by atoms with van der Waals surface area (Å²) in [6.45, 7) is 6.39. The van der Waals surface area contributed by atoms with Crippen LogP contribution in [0.25, 0.3) is 10.9 Å². The summed E-state index contributed by atoms with van der Waals surface area (Å²) in [5.41, 5.74) is 9.54. The lowest BCUT2D eigenvalue weighted by Crippen LogP contribution is -2.33. The Balaban J connectivity index is 0.000000199. The third-order valence-corrected chi connectivity index (χ3v) is 23.5. The molecule has 4 heterocycles. The molecule has 6 aromatic carbocycles. The fraction of sp³-hybridized carbons (Fsp3) is 0.233.